The van der Waals surface area contributed by atoms with Gasteiger partial charge in [-0.1, -0.05) is 0 Å². The van der Waals surface area contributed by atoms with E-state index in [1.807, 2.05) is 10.6 Å². The zero-order valence-corrected chi connectivity index (χ0v) is 16.6. The Morgan fingerprint density at radius 1 is 1.10 bits per heavy atom. The van der Waals surface area contributed by atoms with E-state index in [1.165, 1.54) is 12.4 Å². The van der Waals surface area contributed by atoms with Crippen LogP contribution in [0, 0.1) is 11.6 Å². The fraction of sp³-hybridized carbons (Fsp3) is 0.273. The van der Waals surface area contributed by atoms with Crippen molar-refractivity contribution in [3.63, 3.8) is 0 Å². The molecular formula is C22H20F2N6O. The molecule has 1 atom stereocenters. The molecule has 9 heteroatoms. The Morgan fingerprint density at radius 2 is 2.00 bits per heavy atom. The molecule has 0 saturated carbocycles. The lowest BCUT2D eigenvalue weighted by atomic mass is 10.0. The van der Waals surface area contributed by atoms with Gasteiger partial charge in [-0.2, -0.15) is 0 Å². The Bertz CT molecular complexity index is 1250. The molecule has 3 aromatic heterocycles. The molecule has 0 spiro atoms. The van der Waals surface area contributed by atoms with Crippen LogP contribution < -0.4 is 5.73 Å². The zero-order chi connectivity index (χ0) is 21.4. The first-order valence-corrected chi connectivity index (χ1v) is 10.1. The number of pyridine rings is 1. The van der Waals surface area contributed by atoms with Crippen molar-refractivity contribution in [3.8, 4) is 11.3 Å². The van der Waals surface area contributed by atoms with Gasteiger partial charge in [0.25, 0.3) is 0 Å². The highest BCUT2D eigenvalue weighted by molar-refractivity contribution is 5.87. The maximum Gasteiger partial charge on any atom is 0.165 e. The van der Waals surface area contributed by atoms with E-state index in [9.17, 15) is 8.78 Å². The number of aromatic nitrogens is 5. The topological polar surface area (TPSA) is 91.7 Å². The summed E-state index contributed by atoms with van der Waals surface area (Å²) in [6.45, 7) is 0.701. The lowest BCUT2D eigenvalue weighted by Crippen LogP contribution is -2.17. The van der Waals surface area contributed by atoms with Gasteiger partial charge >= 0.3 is 0 Å². The monoisotopic (exact) mass is 422 g/mol. The molecule has 1 fully saturated rings. The largest absolute Gasteiger partial charge is 0.396 e. The summed E-state index contributed by atoms with van der Waals surface area (Å²) in [6.07, 6.45) is 7.54. The third kappa shape index (κ3) is 3.50. The van der Waals surface area contributed by atoms with Gasteiger partial charge < -0.3 is 10.5 Å². The van der Waals surface area contributed by atoms with E-state index >= 15 is 0 Å². The number of benzene rings is 1. The second kappa shape index (κ2) is 7.99. The van der Waals surface area contributed by atoms with E-state index in [0.717, 1.165) is 25.3 Å². The first kappa shape index (κ1) is 19.5. The molecule has 5 rings (SSSR count). The van der Waals surface area contributed by atoms with Crippen molar-refractivity contribution in [1.29, 1.82) is 0 Å². The van der Waals surface area contributed by atoms with Crippen LogP contribution in [-0.4, -0.2) is 31.1 Å². The summed E-state index contributed by atoms with van der Waals surface area (Å²) in [5.74, 6) is -1.45. The van der Waals surface area contributed by atoms with Gasteiger partial charge in [-0.25, -0.2) is 23.7 Å². The van der Waals surface area contributed by atoms with Crippen LogP contribution in [0.2, 0.25) is 0 Å². The van der Waals surface area contributed by atoms with E-state index in [0.29, 0.717) is 34.7 Å². The molecule has 0 aliphatic carbocycles. The van der Waals surface area contributed by atoms with E-state index in [1.54, 1.807) is 18.6 Å². The Morgan fingerprint density at radius 3 is 2.84 bits per heavy atom. The molecule has 4 heterocycles. The Labute approximate surface area is 176 Å². The average molecular weight is 422 g/mol. The Balaban J connectivity index is 1.59. The lowest BCUT2D eigenvalue weighted by molar-refractivity contribution is -0.0298. The lowest BCUT2D eigenvalue weighted by Gasteiger charge is -2.23. The van der Waals surface area contributed by atoms with Crippen LogP contribution in [0.4, 0.5) is 14.5 Å². The predicted molar refractivity (Wildman–Crippen MR) is 111 cm³/mol. The third-order valence-corrected chi connectivity index (χ3v) is 5.53. The van der Waals surface area contributed by atoms with Crippen LogP contribution in [0.1, 0.15) is 36.7 Å². The van der Waals surface area contributed by atoms with Gasteiger partial charge in [0.1, 0.15) is 29.6 Å². The summed E-state index contributed by atoms with van der Waals surface area (Å²) in [5, 5.41) is 0. The van der Waals surface area contributed by atoms with Crippen molar-refractivity contribution in [2.45, 2.75) is 31.9 Å². The van der Waals surface area contributed by atoms with Crippen molar-refractivity contribution in [1.82, 2.24) is 24.5 Å². The highest BCUT2D eigenvalue weighted by Gasteiger charge is 2.22. The second-order valence-corrected chi connectivity index (χ2v) is 7.47. The smallest absolute Gasteiger partial charge is 0.165 e. The summed E-state index contributed by atoms with van der Waals surface area (Å²) >= 11 is 0. The highest BCUT2D eigenvalue weighted by atomic mass is 19.1. The molecule has 1 unspecified atom stereocenters. The molecular weight excluding hydrogens is 402 g/mol. The number of rotatable bonds is 4. The van der Waals surface area contributed by atoms with E-state index in [4.69, 9.17) is 10.5 Å². The molecule has 1 aromatic carbocycles. The average Bonchev–Trinajstić information content (AvgIpc) is 3.25. The molecule has 158 valence electrons. The molecule has 1 aliphatic rings. The summed E-state index contributed by atoms with van der Waals surface area (Å²) in [4.78, 5) is 17.7. The minimum atomic E-state index is -0.775. The molecule has 0 bridgehead atoms. The fourth-order valence-electron chi connectivity index (χ4n) is 3.94. The van der Waals surface area contributed by atoms with Gasteiger partial charge in [-0.05, 0) is 43.5 Å². The quantitative estimate of drug-likeness (QED) is 0.499. The van der Waals surface area contributed by atoms with Gasteiger partial charge in [-0.3, -0.25) is 9.55 Å². The number of fused-ring (bicyclic) bond motifs is 1. The van der Waals surface area contributed by atoms with Crippen LogP contribution in [0.25, 0.3) is 22.4 Å². The van der Waals surface area contributed by atoms with Gasteiger partial charge in [-0.15, -0.1) is 0 Å². The molecule has 1 aliphatic heterocycles. The van der Waals surface area contributed by atoms with Crippen LogP contribution >= 0.6 is 0 Å². The summed E-state index contributed by atoms with van der Waals surface area (Å²) in [5.41, 5.74) is 8.27. The van der Waals surface area contributed by atoms with Gasteiger partial charge in [0.15, 0.2) is 11.5 Å². The normalized spacial score (nSPS) is 16.6. The van der Waals surface area contributed by atoms with Gasteiger partial charge in [0.05, 0.1) is 17.7 Å². The minimum absolute atomic E-state index is 0.0726. The van der Waals surface area contributed by atoms with Crippen LogP contribution in [-0.2, 0) is 11.2 Å². The van der Waals surface area contributed by atoms with E-state index in [2.05, 4.69) is 19.9 Å². The molecule has 0 amide bonds. The number of ether oxygens (including phenoxy) is 1. The molecule has 31 heavy (non-hydrogen) atoms. The number of nitrogen functional groups attached to an aromatic ring is 1. The number of halogens is 2. The minimum Gasteiger partial charge on any atom is -0.396 e. The van der Waals surface area contributed by atoms with Crippen LogP contribution in [0.3, 0.4) is 0 Å². The maximum absolute atomic E-state index is 14.5. The molecule has 0 radical (unpaired) electrons. The van der Waals surface area contributed by atoms with Crippen LogP contribution in [0.5, 0.6) is 0 Å². The first-order valence-electron chi connectivity index (χ1n) is 10.1. The SMILES string of the molecule is Nc1ccc(F)c(Cc2ncccc2-c2ncnc3c2ncn3C2CCCCO2)c1F. The van der Waals surface area contributed by atoms with E-state index in [-0.39, 0.29) is 23.9 Å². The Hall–Kier alpha value is -3.46. The van der Waals surface area contributed by atoms with Crippen molar-refractivity contribution in [2.75, 3.05) is 12.3 Å². The predicted octanol–water partition coefficient (Wildman–Crippen LogP) is 4.04. The summed E-state index contributed by atoms with van der Waals surface area (Å²) in [6, 6.07) is 5.93. The first-order chi connectivity index (χ1) is 15.1. The summed E-state index contributed by atoms with van der Waals surface area (Å²) in [7, 11) is 0. The number of hydrogen-bond donors (Lipinski definition) is 1. The molecule has 7 nitrogen and oxygen atoms in total. The van der Waals surface area contributed by atoms with Gasteiger partial charge in [0.2, 0.25) is 0 Å². The van der Waals surface area contributed by atoms with Crippen molar-refractivity contribution in [2.24, 2.45) is 0 Å². The highest BCUT2D eigenvalue weighted by Crippen LogP contribution is 2.32. The molecule has 2 N–H and O–H groups in total. The Kier molecular flexibility index (Phi) is 5.03. The molecule has 4 aromatic rings. The third-order valence-electron chi connectivity index (χ3n) is 5.53. The zero-order valence-electron chi connectivity index (χ0n) is 16.6. The van der Waals surface area contributed by atoms with Gasteiger partial charge in [0, 0.05) is 30.4 Å². The molecule has 1 saturated heterocycles. The maximum atomic E-state index is 14.5. The van der Waals surface area contributed by atoms with E-state index < -0.39 is 11.6 Å². The number of nitrogens with two attached hydrogens (primary N) is 1. The number of hydrogen-bond acceptors (Lipinski definition) is 6. The van der Waals surface area contributed by atoms with Crippen molar-refractivity contribution >= 4 is 16.9 Å². The fourth-order valence-corrected chi connectivity index (χ4v) is 3.94. The number of imidazole rings is 1. The number of anilines is 1. The summed E-state index contributed by atoms with van der Waals surface area (Å²) < 4.78 is 36.6. The standard InChI is InChI=1S/C22H20F2N6O/c23-15-6-7-16(25)19(24)14(15)10-17-13(4-3-8-26-17)20-21-22(28-11-27-20)30(12-29-21)18-5-1-2-9-31-18/h3-4,6-8,11-12,18H,1-2,5,9-10,25H2. The second-order valence-electron chi connectivity index (χ2n) is 7.47. The number of nitrogens with zero attached hydrogens (tertiary/aromatic N) is 5. The van der Waals surface area contributed by atoms with Crippen molar-refractivity contribution < 1.29 is 13.5 Å². The van der Waals surface area contributed by atoms with Crippen molar-refractivity contribution in [3.05, 3.63) is 66.0 Å². The van der Waals surface area contributed by atoms with Crippen LogP contribution in [0.15, 0.2) is 43.1 Å².